The fourth-order valence-electron chi connectivity index (χ4n) is 2.16. The molecule has 3 aromatic rings. The maximum absolute atomic E-state index is 12.0. The van der Waals surface area contributed by atoms with Gasteiger partial charge in [-0.1, -0.05) is 11.6 Å². The molecule has 0 aliphatic heterocycles. The topological polar surface area (TPSA) is 57.7 Å². The lowest BCUT2D eigenvalue weighted by Crippen LogP contribution is -2.17. The number of ether oxygens (including phenoxy) is 3. The van der Waals surface area contributed by atoms with E-state index in [1.807, 2.05) is 6.07 Å². The van der Waals surface area contributed by atoms with Gasteiger partial charge in [0, 0.05) is 11.6 Å². The quantitative estimate of drug-likeness (QED) is 0.519. The van der Waals surface area contributed by atoms with Crippen LogP contribution in [0.4, 0.5) is 0 Å². The third-order valence-corrected chi connectivity index (χ3v) is 3.65. The maximum atomic E-state index is 12.0. The molecule has 24 heavy (non-hydrogen) atoms. The SMILES string of the molecule is COc1ccc(OCC(=O)Oc2ccc(Cl)c3cccnc23)cc1. The number of hydrogen-bond donors (Lipinski definition) is 0. The summed E-state index contributed by atoms with van der Waals surface area (Å²) >= 11 is 6.12. The van der Waals surface area contributed by atoms with Gasteiger partial charge in [0.05, 0.1) is 12.1 Å². The molecule has 0 radical (unpaired) electrons. The molecule has 0 N–H and O–H groups in total. The molecule has 0 aliphatic carbocycles. The van der Waals surface area contributed by atoms with Crippen molar-refractivity contribution in [2.45, 2.75) is 0 Å². The molecular formula is C18H14ClNO4. The average molecular weight is 344 g/mol. The predicted octanol–water partition coefficient (Wildman–Crippen LogP) is 3.88. The van der Waals surface area contributed by atoms with Gasteiger partial charge in [0.1, 0.15) is 17.0 Å². The van der Waals surface area contributed by atoms with Gasteiger partial charge in [-0.05, 0) is 48.5 Å². The van der Waals surface area contributed by atoms with E-state index in [0.717, 1.165) is 5.39 Å². The summed E-state index contributed by atoms with van der Waals surface area (Å²) in [6.07, 6.45) is 1.61. The molecule has 0 unspecified atom stereocenters. The van der Waals surface area contributed by atoms with Gasteiger partial charge in [-0.3, -0.25) is 4.98 Å². The molecule has 122 valence electrons. The average Bonchev–Trinajstić information content (AvgIpc) is 2.63. The fourth-order valence-corrected chi connectivity index (χ4v) is 2.38. The maximum Gasteiger partial charge on any atom is 0.349 e. The highest BCUT2D eigenvalue weighted by Crippen LogP contribution is 2.29. The Hall–Kier alpha value is -2.79. The molecular weight excluding hydrogens is 330 g/mol. The molecule has 0 aliphatic rings. The van der Waals surface area contributed by atoms with Crippen molar-refractivity contribution in [3.63, 3.8) is 0 Å². The molecule has 0 amide bonds. The number of methoxy groups -OCH3 is 1. The Bertz CT molecular complexity index is 865. The van der Waals surface area contributed by atoms with Crippen molar-refractivity contribution < 1.29 is 19.0 Å². The largest absolute Gasteiger partial charge is 0.497 e. The smallest absolute Gasteiger partial charge is 0.349 e. The first kappa shape index (κ1) is 16.1. The number of carbonyl (C=O) groups excluding carboxylic acids is 1. The van der Waals surface area contributed by atoms with Gasteiger partial charge in [0.15, 0.2) is 12.4 Å². The minimum Gasteiger partial charge on any atom is -0.497 e. The Morgan fingerprint density at radius 3 is 2.58 bits per heavy atom. The molecule has 0 fully saturated rings. The summed E-state index contributed by atoms with van der Waals surface area (Å²) in [5.41, 5.74) is 0.530. The van der Waals surface area contributed by atoms with Gasteiger partial charge in [-0.2, -0.15) is 0 Å². The van der Waals surface area contributed by atoms with E-state index in [-0.39, 0.29) is 6.61 Å². The first-order valence-electron chi connectivity index (χ1n) is 7.18. The number of pyridine rings is 1. The van der Waals surface area contributed by atoms with Crippen molar-refractivity contribution in [2.24, 2.45) is 0 Å². The zero-order valence-electron chi connectivity index (χ0n) is 12.9. The number of rotatable bonds is 5. The van der Waals surface area contributed by atoms with Crippen LogP contribution in [-0.4, -0.2) is 24.7 Å². The van der Waals surface area contributed by atoms with Gasteiger partial charge in [-0.15, -0.1) is 0 Å². The van der Waals surface area contributed by atoms with Crippen molar-refractivity contribution >= 4 is 28.5 Å². The second-order valence-corrected chi connectivity index (χ2v) is 5.29. The van der Waals surface area contributed by atoms with Crippen LogP contribution in [0.1, 0.15) is 0 Å². The van der Waals surface area contributed by atoms with Gasteiger partial charge < -0.3 is 14.2 Å². The first-order chi connectivity index (χ1) is 11.7. The summed E-state index contributed by atoms with van der Waals surface area (Å²) < 4.78 is 15.8. The van der Waals surface area contributed by atoms with E-state index in [0.29, 0.717) is 27.8 Å². The Morgan fingerprint density at radius 2 is 1.83 bits per heavy atom. The number of carbonyl (C=O) groups is 1. The van der Waals surface area contributed by atoms with Gasteiger partial charge in [-0.25, -0.2) is 4.79 Å². The van der Waals surface area contributed by atoms with Crippen molar-refractivity contribution in [3.8, 4) is 17.2 Å². The predicted molar refractivity (Wildman–Crippen MR) is 90.9 cm³/mol. The normalized spacial score (nSPS) is 10.4. The second-order valence-electron chi connectivity index (χ2n) is 4.88. The molecule has 0 spiro atoms. The Labute approximate surface area is 143 Å². The summed E-state index contributed by atoms with van der Waals surface area (Å²) in [7, 11) is 1.58. The molecule has 0 atom stereocenters. The number of aromatic nitrogens is 1. The number of fused-ring (bicyclic) bond motifs is 1. The number of benzene rings is 2. The lowest BCUT2D eigenvalue weighted by atomic mass is 10.2. The number of hydrogen-bond acceptors (Lipinski definition) is 5. The van der Waals surface area contributed by atoms with Crippen LogP contribution >= 0.6 is 11.6 Å². The zero-order valence-corrected chi connectivity index (χ0v) is 13.6. The van der Waals surface area contributed by atoms with Crippen LogP contribution in [0.3, 0.4) is 0 Å². The number of halogens is 1. The summed E-state index contributed by atoms with van der Waals surface area (Å²) in [4.78, 5) is 16.2. The Morgan fingerprint density at radius 1 is 1.08 bits per heavy atom. The summed E-state index contributed by atoms with van der Waals surface area (Å²) in [5, 5.41) is 1.27. The molecule has 0 saturated heterocycles. The molecule has 2 aromatic carbocycles. The number of nitrogens with zero attached hydrogens (tertiary/aromatic N) is 1. The molecule has 5 nitrogen and oxygen atoms in total. The summed E-state index contributed by atoms with van der Waals surface area (Å²) in [5.74, 6) is 1.08. The molecule has 0 saturated carbocycles. The van der Waals surface area contributed by atoms with Crippen molar-refractivity contribution in [1.82, 2.24) is 4.98 Å². The minimum absolute atomic E-state index is 0.219. The van der Waals surface area contributed by atoms with E-state index < -0.39 is 5.97 Å². The van der Waals surface area contributed by atoms with Crippen LogP contribution in [0.25, 0.3) is 10.9 Å². The van der Waals surface area contributed by atoms with Crippen LogP contribution in [-0.2, 0) is 4.79 Å². The standard InChI is InChI=1S/C18H14ClNO4/c1-22-12-4-6-13(7-5-12)23-11-17(21)24-16-9-8-15(19)14-3-2-10-20-18(14)16/h2-10H,11H2,1H3. The zero-order chi connectivity index (χ0) is 16.9. The van der Waals surface area contributed by atoms with E-state index in [4.69, 9.17) is 25.8 Å². The monoisotopic (exact) mass is 343 g/mol. The molecule has 3 rings (SSSR count). The number of esters is 1. The van der Waals surface area contributed by atoms with E-state index in [9.17, 15) is 4.79 Å². The van der Waals surface area contributed by atoms with Crippen molar-refractivity contribution in [2.75, 3.05) is 13.7 Å². The van der Waals surface area contributed by atoms with E-state index in [2.05, 4.69) is 4.98 Å². The van der Waals surface area contributed by atoms with Crippen LogP contribution in [0.15, 0.2) is 54.7 Å². The Kier molecular flexibility index (Phi) is 4.82. The lowest BCUT2D eigenvalue weighted by Gasteiger charge is -2.09. The van der Waals surface area contributed by atoms with Gasteiger partial charge in [0.2, 0.25) is 0 Å². The minimum atomic E-state index is -0.528. The Balaban J connectivity index is 1.67. The first-order valence-corrected chi connectivity index (χ1v) is 7.56. The summed E-state index contributed by atoms with van der Waals surface area (Å²) in [6.45, 7) is -0.219. The second kappa shape index (κ2) is 7.19. The van der Waals surface area contributed by atoms with Gasteiger partial charge in [0.25, 0.3) is 0 Å². The molecule has 1 heterocycles. The van der Waals surface area contributed by atoms with E-state index in [1.165, 1.54) is 0 Å². The lowest BCUT2D eigenvalue weighted by molar-refractivity contribution is -0.136. The summed E-state index contributed by atoms with van der Waals surface area (Å²) in [6, 6.07) is 13.8. The van der Waals surface area contributed by atoms with Crippen LogP contribution in [0.5, 0.6) is 17.2 Å². The van der Waals surface area contributed by atoms with E-state index in [1.54, 1.807) is 55.8 Å². The third-order valence-electron chi connectivity index (χ3n) is 3.32. The molecule has 6 heteroatoms. The highest BCUT2D eigenvalue weighted by atomic mass is 35.5. The van der Waals surface area contributed by atoms with Crippen molar-refractivity contribution in [3.05, 3.63) is 59.8 Å². The highest BCUT2D eigenvalue weighted by molar-refractivity contribution is 6.35. The third kappa shape index (κ3) is 3.58. The highest BCUT2D eigenvalue weighted by Gasteiger charge is 2.12. The van der Waals surface area contributed by atoms with Crippen LogP contribution in [0.2, 0.25) is 5.02 Å². The van der Waals surface area contributed by atoms with Crippen LogP contribution < -0.4 is 14.2 Å². The fraction of sp³-hybridized carbons (Fsp3) is 0.111. The van der Waals surface area contributed by atoms with Crippen LogP contribution in [0, 0.1) is 0 Å². The van der Waals surface area contributed by atoms with E-state index >= 15 is 0 Å². The molecule has 0 bridgehead atoms. The molecule has 1 aromatic heterocycles. The van der Waals surface area contributed by atoms with Crippen molar-refractivity contribution in [1.29, 1.82) is 0 Å². The van der Waals surface area contributed by atoms with Gasteiger partial charge >= 0.3 is 5.97 Å².